The fourth-order valence-corrected chi connectivity index (χ4v) is 3.93. The van der Waals surface area contributed by atoms with E-state index >= 15 is 0 Å². The van der Waals surface area contributed by atoms with E-state index in [-0.39, 0.29) is 18.3 Å². The Balaban J connectivity index is 1.91. The number of hydrazone groups is 1. The Bertz CT molecular complexity index is 795. The van der Waals surface area contributed by atoms with Gasteiger partial charge in [-0.25, -0.2) is 5.43 Å². The summed E-state index contributed by atoms with van der Waals surface area (Å²) in [5, 5.41) is 14.3. The molecular formula is C17H15ClI2N2O3. The molecule has 0 saturated carbocycles. The van der Waals surface area contributed by atoms with Crippen LogP contribution in [0.25, 0.3) is 0 Å². The van der Waals surface area contributed by atoms with Crippen molar-refractivity contribution in [1.82, 2.24) is 5.43 Å². The minimum Gasteiger partial charge on any atom is -0.506 e. The number of hydrogen-bond acceptors (Lipinski definition) is 4. The highest BCUT2D eigenvalue weighted by atomic mass is 127. The lowest BCUT2D eigenvalue weighted by molar-refractivity contribution is -0.123. The molecule has 5 nitrogen and oxygen atoms in total. The summed E-state index contributed by atoms with van der Waals surface area (Å²) in [6.45, 7) is 3.61. The number of phenols is 1. The van der Waals surface area contributed by atoms with Gasteiger partial charge in [-0.3, -0.25) is 4.79 Å². The molecule has 0 fully saturated rings. The van der Waals surface area contributed by atoms with Crippen molar-refractivity contribution in [2.75, 3.05) is 6.61 Å². The lowest BCUT2D eigenvalue weighted by atomic mass is 10.1. The number of hydrogen-bond donors (Lipinski definition) is 2. The number of aromatic hydroxyl groups is 1. The monoisotopic (exact) mass is 584 g/mol. The van der Waals surface area contributed by atoms with Gasteiger partial charge in [-0.15, -0.1) is 0 Å². The standard InChI is InChI=1S/C17H15ClI2N2O3/c1-9-3-12(4-10(2)16(9)18)25-8-15(23)22-21-7-11-5-13(19)17(24)14(20)6-11/h3-7,24H,8H2,1-2H3,(H,22,23)/b21-7-. The molecular weight excluding hydrogens is 569 g/mol. The molecule has 0 atom stereocenters. The van der Waals surface area contributed by atoms with Gasteiger partial charge in [0.05, 0.1) is 13.4 Å². The molecule has 0 spiro atoms. The van der Waals surface area contributed by atoms with Crippen LogP contribution in [0, 0.1) is 21.0 Å². The van der Waals surface area contributed by atoms with E-state index in [4.69, 9.17) is 16.3 Å². The molecule has 0 heterocycles. The average Bonchev–Trinajstić information content (AvgIpc) is 2.55. The van der Waals surface area contributed by atoms with Gasteiger partial charge in [-0.2, -0.15) is 5.10 Å². The molecule has 2 aromatic rings. The Morgan fingerprint density at radius 2 is 1.80 bits per heavy atom. The zero-order chi connectivity index (χ0) is 18.6. The SMILES string of the molecule is Cc1cc(OCC(=O)N/N=C\c2cc(I)c(O)c(I)c2)cc(C)c1Cl. The van der Waals surface area contributed by atoms with E-state index in [0.29, 0.717) is 17.9 Å². The van der Waals surface area contributed by atoms with Crippen molar-refractivity contribution in [3.63, 3.8) is 0 Å². The van der Waals surface area contributed by atoms with Crippen molar-refractivity contribution < 1.29 is 14.6 Å². The van der Waals surface area contributed by atoms with Crippen LogP contribution < -0.4 is 10.2 Å². The van der Waals surface area contributed by atoms with Crippen LogP contribution in [0.15, 0.2) is 29.4 Å². The first-order valence-electron chi connectivity index (χ1n) is 7.17. The molecule has 132 valence electrons. The topological polar surface area (TPSA) is 70.9 Å². The second kappa shape index (κ2) is 9.04. The van der Waals surface area contributed by atoms with Gasteiger partial charge in [0.1, 0.15) is 11.5 Å². The van der Waals surface area contributed by atoms with E-state index < -0.39 is 0 Å². The maximum Gasteiger partial charge on any atom is 0.277 e. The number of carbonyl (C=O) groups is 1. The van der Waals surface area contributed by atoms with Gasteiger partial charge in [0, 0.05) is 5.02 Å². The maximum atomic E-state index is 11.8. The molecule has 0 unspecified atom stereocenters. The van der Waals surface area contributed by atoms with Crippen molar-refractivity contribution in [3.05, 3.63) is 53.1 Å². The molecule has 2 N–H and O–H groups in total. The first-order chi connectivity index (χ1) is 11.8. The second-order valence-electron chi connectivity index (χ2n) is 5.29. The molecule has 0 aromatic heterocycles. The van der Waals surface area contributed by atoms with Crippen molar-refractivity contribution in [2.24, 2.45) is 5.10 Å². The minimum absolute atomic E-state index is 0.150. The number of carbonyl (C=O) groups excluding carboxylic acids is 1. The average molecular weight is 585 g/mol. The summed E-state index contributed by atoms with van der Waals surface area (Å²) in [7, 11) is 0. The number of nitrogens with one attached hydrogen (secondary N) is 1. The van der Waals surface area contributed by atoms with Crippen LogP contribution >= 0.6 is 56.8 Å². The Hall–Kier alpha value is -1.07. The van der Waals surface area contributed by atoms with Crippen LogP contribution in [0.4, 0.5) is 0 Å². The number of ether oxygens (including phenoxy) is 1. The fraction of sp³-hybridized carbons (Fsp3) is 0.176. The van der Waals surface area contributed by atoms with E-state index in [1.54, 1.807) is 24.3 Å². The normalized spacial score (nSPS) is 10.9. The summed E-state index contributed by atoms with van der Waals surface area (Å²) < 4.78 is 6.89. The number of phenolic OH excluding ortho intramolecular Hbond substituents is 1. The molecule has 25 heavy (non-hydrogen) atoms. The smallest absolute Gasteiger partial charge is 0.277 e. The molecule has 0 radical (unpaired) electrons. The Kier molecular flexibility index (Phi) is 7.32. The fourth-order valence-electron chi connectivity index (χ4n) is 2.01. The summed E-state index contributed by atoms with van der Waals surface area (Å²) in [5.74, 6) is 0.454. The van der Waals surface area contributed by atoms with Crippen molar-refractivity contribution in [2.45, 2.75) is 13.8 Å². The van der Waals surface area contributed by atoms with E-state index in [0.717, 1.165) is 16.7 Å². The summed E-state index contributed by atoms with van der Waals surface area (Å²) in [4.78, 5) is 11.8. The van der Waals surface area contributed by atoms with Crippen molar-refractivity contribution >= 4 is 68.9 Å². The predicted molar refractivity (Wildman–Crippen MR) is 116 cm³/mol. The van der Waals surface area contributed by atoms with Gasteiger partial charge < -0.3 is 9.84 Å². The highest BCUT2D eigenvalue weighted by molar-refractivity contribution is 14.1. The lowest BCUT2D eigenvalue weighted by Crippen LogP contribution is -2.24. The maximum absolute atomic E-state index is 11.8. The van der Waals surface area contributed by atoms with Crippen LogP contribution in [0.1, 0.15) is 16.7 Å². The summed E-state index contributed by atoms with van der Waals surface area (Å²) >= 11 is 10.2. The zero-order valence-corrected chi connectivity index (χ0v) is 18.5. The van der Waals surface area contributed by atoms with Crippen LogP contribution in [0.5, 0.6) is 11.5 Å². The van der Waals surface area contributed by atoms with Crippen LogP contribution in [-0.4, -0.2) is 23.8 Å². The third-order valence-electron chi connectivity index (χ3n) is 3.22. The molecule has 2 aromatic carbocycles. The minimum atomic E-state index is -0.371. The van der Waals surface area contributed by atoms with Crippen LogP contribution in [0.2, 0.25) is 5.02 Å². The molecule has 2 rings (SSSR count). The Morgan fingerprint density at radius 3 is 2.36 bits per heavy atom. The highest BCUT2D eigenvalue weighted by Gasteiger charge is 2.07. The molecule has 0 aliphatic heterocycles. The van der Waals surface area contributed by atoms with Gasteiger partial charge in [0.25, 0.3) is 5.91 Å². The number of rotatable bonds is 5. The van der Waals surface area contributed by atoms with Crippen molar-refractivity contribution in [3.8, 4) is 11.5 Å². The summed E-state index contributed by atoms with van der Waals surface area (Å²) in [5.41, 5.74) is 4.97. The number of aryl methyl sites for hydroxylation is 2. The van der Waals surface area contributed by atoms with Gasteiger partial charge >= 0.3 is 0 Å². The second-order valence-corrected chi connectivity index (χ2v) is 7.99. The predicted octanol–water partition coefficient (Wildman–Crippen LogP) is 4.40. The molecule has 0 aliphatic carbocycles. The van der Waals surface area contributed by atoms with Gasteiger partial charge in [-0.05, 0) is 100.0 Å². The quantitative estimate of drug-likeness (QED) is 0.311. The van der Waals surface area contributed by atoms with Crippen molar-refractivity contribution in [1.29, 1.82) is 0 Å². The van der Waals surface area contributed by atoms with Gasteiger partial charge in [-0.1, -0.05) is 11.6 Å². The highest BCUT2D eigenvalue weighted by Crippen LogP contribution is 2.27. The molecule has 0 saturated heterocycles. The Morgan fingerprint density at radius 1 is 1.24 bits per heavy atom. The first-order valence-corrected chi connectivity index (χ1v) is 9.71. The zero-order valence-electron chi connectivity index (χ0n) is 13.4. The van der Waals surface area contributed by atoms with E-state index in [2.05, 4.69) is 10.5 Å². The molecule has 0 aliphatic rings. The third-order valence-corrected chi connectivity index (χ3v) is 5.46. The summed E-state index contributed by atoms with van der Waals surface area (Å²) in [6.07, 6.45) is 1.51. The van der Waals surface area contributed by atoms with Crippen LogP contribution in [0.3, 0.4) is 0 Å². The van der Waals surface area contributed by atoms with E-state index in [1.807, 2.05) is 59.0 Å². The number of benzene rings is 2. The molecule has 1 amide bonds. The van der Waals surface area contributed by atoms with E-state index in [1.165, 1.54) is 6.21 Å². The first kappa shape index (κ1) is 20.2. The summed E-state index contributed by atoms with van der Waals surface area (Å²) in [6, 6.07) is 7.10. The molecule has 0 bridgehead atoms. The van der Waals surface area contributed by atoms with Crippen LogP contribution in [-0.2, 0) is 4.79 Å². The number of nitrogens with zero attached hydrogens (tertiary/aromatic N) is 1. The number of amides is 1. The largest absolute Gasteiger partial charge is 0.506 e. The number of halogens is 3. The third kappa shape index (κ3) is 5.71. The van der Waals surface area contributed by atoms with Gasteiger partial charge in [0.15, 0.2) is 6.61 Å². The molecule has 8 heteroatoms. The van der Waals surface area contributed by atoms with E-state index in [9.17, 15) is 9.90 Å². The lowest BCUT2D eigenvalue weighted by Gasteiger charge is -2.09. The Labute approximate surface area is 178 Å². The van der Waals surface area contributed by atoms with Gasteiger partial charge in [0.2, 0.25) is 0 Å².